The Labute approximate surface area is 183 Å². The average Bonchev–Trinajstić information content (AvgIpc) is 2.77. The number of rotatable bonds is 3. The van der Waals surface area contributed by atoms with Crippen molar-refractivity contribution in [3.63, 3.8) is 0 Å². The summed E-state index contributed by atoms with van der Waals surface area (Å²) >= 11 is 0. The molecule has 0 unspecified atom stereocenters. The van der Waals surface area contributed by atoms with Crippen LogP contribution in [0.2, 0.25) is 0 Å². The van der Waals surface area contributed by atoms with Crippen molar-refractivity contribution in [1.82, 2.24) is 9.97 Å². The number of methoxy groups -OCH3 is 1. The summed E-state index contributed by atoms with van der Waals surface area (Å²) < 4.78 is 5.57. The lowest BCUT2D eigenvalue weighted by Gasteiger charge is -2.34. The highest BCUT2D eigenvalue weighted by Gasteiger charge is 2.25. The first-order valence-electron chi connectivity index (χ1n) is 10.5. The molecule has 0 spiro atoms. The van der Waals surface area contributed by atoms with Crippen molar-refractivity contribution < 1.29 is 9.84 Å². The van der Waals surface area contributed by atoms with Crippen LogP contribution in [0.1, 0.15) is 44.0 Å². The minimum absolute atomic E-state index is 0.404. The van der Waals surface area contributed by atoms with Gasteiger partial charge in [0.1, 0.15) is 17.2 Å². The topological polar surface area (TPSA) is 84.5 Å². The molecule has 1 aromatic heterocycles. The number of nitrogens with two attached hydrogens (primary N) is 1. The van der Waals surface area contributed by atoms with Crippen LogP contribution in [0.15, 0.2) is 42.5 Å². The Bertz CT molecular complexity index is 1150. The second kappa shape index (κ2) is 8.44. The largest absolute Gasteiger partial charge is 0.496 e. The molecule has 0 amide bonds. The van der Waals surface area contributed by atoms with E-state index in [0.29, 0.717) is 17.4 Å². The fourth-order valence-corrected chi connectivity index (χ4v) is 4.04. The maximum atomic E-state index is 9.96. The average molecular weight is 417 g/mol. The quantitative estimate of drug-likeness (QED) is 0.500. The molecule has 160 valence electrons. The van der Waals surface area contributed by atoms with Crippen molar-refractivity contribution in [3.8, 4) is 17.6 Å². The molecule has 0 bridgehead atoms. The first-order valence-corrected chi connectivity index (χ1v) is 10.5. The van der Waals surface area contributed by atoms with Crippen LogP contribution in [0, 0.1) is 11.8 Å². The van der Waals surface area contributed by atoms with E-state index in [1.807, 2.05) is 30.3 Å². The van der Waals surface area contributed by atoms with E-state index in [9.17, 15) is 5.11 Å². The Morgan fingerprint density at radius 1 is 1.13 bits per heavy atom. The van der Waals surface area contributed by atoms with Crippen LogP contribution >= 0.6 is 0 Å². The van der Waals surface area contributed by atoms with Crippen LogP contribution in [0.25, 0.3) is 10.9 Å². The molecular weight excluding hydrogens is 388 g/mol. The molecule has 0 radical (unpaired) electrons. The van der Waals surface area contributed by atoms with E-state index in [0.717, 1.165) is 48.4 Å². The van der Waals surface area contributed by atoms with Gasteiger partial charge in [-0.3, -0.25) is 0 Å². The maximum Gasteiger partial charge on any atom is 0.207 e. The molecule has 4 rings (SSSR count). The van der Waals surface area contributed by atoms with E-state index in [4.69, 9.17) is 15.5 Å². The molecular formula is C25H28N4O2. The summed E-state index contributed by atoms with van der Waals surface area (Å²) in [5.74, 6) is 8.37. The molecule has 3 aromatic rings. The minimum atomic E-state index is -1.10. The number of nitrogens with zero attached hydrogens (tertiary/aromatic N) is 3. The molecule has 1 saturated heterocycles. The van der Waals surface area contributed by atoms with Crippen molar-refractivity contribution in [2.75, 3.05) is 30.8 Å². The van der Waals surface area contributed by atoms with E-state index in [-0.39, 0.29) is 0 Å². The molecule has 0 saturated carbocycles. The lowest BCUT2D eigenvalue weighted by atomic mass is 9.88. The lowest BCUT2D eigenvalue weighted by molar-refractivity contribution is 0.143. The number of benzene rings is 2. The zero-order chi connectivity index (χ0) is 22.0. The molecule has 2 aromatic carbocycles. The number of anilines is 2. The fourth-order valence-electron chi connectivity index (χ4n) is 4.04. The van der Waals surface area contributed by atoms with Crippen molar-refractivity contribution in [1.29, 1.82) is 0 Å². The summed E-state index contributed by atoms with van der Waals surface area (Å²) in [6, 6.07) is 13.9. The van der Waals surface area contributed by atoms with E-state index < -0.39 is 5.60 Å². The number of hydrogen-bond acceptors (Lipinski definition) is 6. The number of aliphatic hydroxyl groups is 1. The van der Waals surface area contributed by atoms with Crippen LogP contribution in [0.3, 0.4) is 0 Å². The van der Waals surface area contributed by atoms with Gasteiger partial charge in [0.2, 0.25) is 5.82 Å². The molecule has 1 aliphatic heterocycles. The Hall–Kier alpha value is -3.30. The van der Waals surface area contributed by atoms with Gasteiger partial charge >= 0.3 is 0 Å². The third kappa shape index (κ3) is 4.73. The second-order valence-corrected chi connectivity index (χ2v) is 8.46. The molecule has 1 aliphatic rings. The Morgan fingerprint density at radius 2 is 1.87 bits per heavy atom. The van der Waals surface area contributed by atoms with Gasteiger partial charge in [-0.25, -0.2) is 9.97 Å². The number of piperidine rings is 1. The van der Waals surface area contributed by atoms with Crippen LogP contribution < -0.4 is 15.4 Å². The first kappa shape index (κ1) is 21.0. The van der Waals surface area contributed by atoms with Crippen LogP contribution in [0.5, 0.6) is 5.75 Å². The Morgan fingerprint density at radius 3 is 2.58 bits per heavy atom. The summed E-state index contributed by atoms with van der Waals surface area (Å²) in [5.41, 5.74) is 7.69. The maximum absolute atomic E-state index is 9.96. The third-order valence-corrected chi connectivity index (χ3v) is 5.55. The minimum Gasteiger partial charge on any atom is -0.496 e. The third-order valence-electron chi connectivity index (χ3n) is 5.55. The van der Waals surface area contributed by atoms with Crippen LogP contribution in [-0.4, -0.2) is 40.9 Å². The number of ether oxygens (including phenoxy) is 1. The number of para-hydroxylation sites is 1. The zero-order valence-electron chi connectivity index (χ0n) is 18.2. The highest BCUT2D eigenvalue weighted by molar-refractivity contribution is 5.92. The van der Waals surface area contributed by atoms with E-state index in [2.05, 4.69) is 33.9 Å². The van der Waals surface area contributed by atoms with E-state index in [1.54, 1.807) is 21.0 Å². The van der Waals surface area contributed by atoms with Crippen molar-refractivity contribution in [2.24, 2.45) is 0 Å². The van der Waals surface area contributed by atoms with E-state index >= 15 is 0 Å². The second-order valence-electron chi connectivity index (χ2n) is 8.46. The monoisotopic (exact) mass is 416 g/mol. The molecule has 2 heterocycles. The van der Waals surface area contributed by atoms with Crippen molar-refractivity contribution >= 4 is 22.4 Å². The normalized spacial score (nSPS) is 14.9. The molecule has 0 aliphatic carbocycles. The molecule has 0 atom stereocenters. The van der Waals surface area contributed by atoms with E-state index in [1.165, 1.54) is 5.56 Å². The van der Waals surface area contributed by atoms with Crippen molar-refractivity contribution in [2.45, 2.75) is 38.2 Å². The number of aromatic nitrogens is 2. The molecule has 3 N–H and O–H groups in total. The number of fused-ring (bicyclic) bond motifs is 1. The number of nitrogen functional groups attached to an aromatic ring is 1. The predicted octanol–water partition coefficient (Wildman–Crippen LogP) is 3.73. The summed E-state index contributed by atoms with van der Waals surface area (Å²) in [4.78, 5) is 11.6. The van der Waals surface area contributed by atoms with Gasteiger partial charge in [0.05, 0.1) is 12.6 Å². The van der Waals surface area contributed by atoms with Gasteiger partial charge < -0.3 is 20.5 Å². The molecule has 1 fully saturated rings. The van der Waals surface area contributed by atoms with Gasteiger partial charge in [-0.05, 0) is 68.4 Å². The first-order chi connectivity index (χ1) is 14.8. The molecule has 6 nitrogen and oxygen atoms in total. The van der Waals surface area contributed by atoms with Gasteiger partial charge in [-0.15, -0.1) is 0 Å². The van der Waals surface area contributed by atoms with Crippen LogP contribution in [-0.2, 0) is 0 Å². The lowest BCUT2D eigenvalue weighted by Crippen LogP contribution is -2.34. The summed E-state index contributed by atoms with van der Waals surface area (Å²) in [6.07, 6.45) is 2.00. The SMILES string of the molecule is COc1ccccc1C1CCN(c2nc(C#CC(C)(C)O)nc3ccc(N)cc23)CC1. The standard InChI is InChI=1S/C25H28N4O2/c1-25(2,30)13-10-23-27-21-9-8-18(26)16-20(21)24(28-23)29-14-11-17(12-15-29)19-6-4-5-7-22(19)31-3/h4-9,16-17,30H,11-12,14-15,26H2,1-3H3. The van der Waals surface area contributed by atoms with Gasteiger partial charge in [0.25, 0.3) is 0 Å². The highest BCUT2D eigenvalue weighted by atomic mass is 16.5. The highest BCUT2D eigenvalue weighted by Crippen LogP contribution is 2.36. The Kier molecular flexibility index (Phi) is 5.71. The summed E-state index contributed by atoms with van der Waals surface area (Å²) in [6.45, 7) is 5.01. The van der Waals surface area contributed by atoms with Gasteiger partial charge in [0, 0.05) is 24.2 Å². The Balaban J connectivity index is 1.66. The summed E-state index contributed by atoms with van der Waals surface area (Å²) in [7, 11) is 1.72. The zero-order valence-corrected chi connectivity index (χ0v) is 18.2. The van der Waals surface area contributed by atoms with Crippen molar-refractivity contribution in [3.05, 3.63) is 53.9 Å². The predicted molar refractivity (Wildman–Crippen MR) is 124 cm³/mol. The van der Waals surface area contributed by atoms with Gasteiger partial charge in [-0.1, -0.05) is 24.1 Å². The van der Waals surface area contributed by atoms with Gasteiger partial charge in [0.15, 0.2) is 0 Å². The summed E-state index contributed by atoms with van der Waals surface area (Å²) in [5, 5.41) is 10.9. The van der Waals surface area contributed by atoms with Gasteiger partial charge in [-0.2, -0.15) is 0 Å². The number of hydrogen-bond donors (Lipinski definition) is 2. The molecule has 6 heteroatoms. The smallest absolute Gasteiger partial charge is 0.207 e. The fraction of sp³-hybridized carbons (Fsp3) is 0.360. The molecule has 31 heavy (non-hydrogen) atoms. The van der Waals surface area contributed by atoms with Crippen LogP contribution in [0.4, 0.5) is 11.5 Å².